The molecule has 0 spiro atoms. The number of hydrogen-bond acceptors (Lipinski definition) is 4. The van der Waals surface area contributed by atoms with Gasteiger partial charge in [-0.1, -0.05) is 29.3 Å². The van der Waals surface area contributed by atoms with Gasteiger partial charge in [0, 0.05) is 6.07 Å². The Morgan fingerprint density at radius 1 is 1.37 bits per heavy atom. The van der Waals surface area contributed by atoms with E-state index in [1.54, 1.807) is 6.08 Å². The van der Waals surface area contributed by atoms with Crippen molar-refractivity contribution in [2.45, 2.75) is 6.54 Å². The zero-order valence-electron chi connectivity index (χ0n) is 10.0. The molecular formula is C11H10Cl2N4O2. The summed E-state index contributed by atoms with van der Waals surface area (Å²) >= 11 is 12.0. The maximum absolute atomic E-state index is 12.0. The van der Waals surface area contributed by atoms with Gasteiger partial charge in [-0.3, -0.25) is 0 Å². The van der Waals surface area contributed by atoms with E-state index in [2.05, 4.69) is 17.0 Å². The van der Waals surface area contributed by atoms with Crippen molar-refractivity contribution in [2.24, 2.45) is 0 Å². The van der Waals surface area contributed by atoms with Crippen molar-refractivity contribution >= 4 is 23.2 Å². The summed E-state index contributed by atoms with van der Waals surface area (Å²) in [5, 5.41) is 8.10. The SMILES string of the molecule is C=CCn1nnn(-c2cc(OC)c(Cl)cc2Cl)c1=O. The third-order valence-corrected chi connectivity index (χ3v) is 2.99. The Bertz CT molecular complexity index is 678. The Balaban J connectivity index is 2.59. The summed E-state index contributed by atoms with van der Waals surface area (Å²) in [4.78, 5) is 12.0. The molecule has 0 fully saturated rings. The smallest absolute Gasteiger partial charge is 0.368 e. The summed E-state index contributed by atoms with van der Waals surface area (Å²) in [6.45, 7) is 3.80. The number of rotatable bonds is 4. The molecule has 0 radical (unpaired) electrons. The number of hydrogen-bond donors (Lipinski definition) is 0. The third kappa shape index (κ3) is 2.50. The van der Waals surface area contributed by atoms with Gasteiger partial charge in [-0.15, -0.1) is 6.58 Å². The molecule has 0 atom stereocenters. The highest BCUT2D eigenvalue weighted by Crippen LogP contribution is 2.32. The molecule has 0 N–H and O–H groups in total. The lowest BCUT2D eigenvalue weighted by Crippen LogP contribution is -2.24. The van der Waals surface area contributed by atoms with Gasteiger partial charge in [-0.2, -0.15) is 9.36 Å². The molecule has 0 saturated carbocycles. The van der Waals surface area contributed by atoms with Crippen molar-refractivity contribution < 1.29 is 4.74 Å². The topological polar surface area (TPSA) is 61.9 Å². The molecule has 0 unspecified atom stereocenters. The maximum Gasteiger partial charge on any atom is 0.368 e. The number of ether oxygens (including phenoxy) is 1. The van der Waals surface area contributed by atoms with E-state index in [1.807, 2.05) is 0 Å². The van der Waals surface area contributed by atoms with Crippen LogP contribution in [0.1, 0.15) is 0 Å². The Kier molecular flexibility index (Phi) is 3.92. The largest absolute Gasteiger partial charge is 0.495 e. The Hall–Kier alpha value is -1.79. The van der Waals surface area contributed by atoms with E-state index in [0.29, 0.717) is 16.5 Å². The van der Waals surface area contributed by atoms with Gasteiger partial charge < -0.3 is 4.74 Å². The highest BCUT2D eigenvalue weighted by Gasteiger charge is 2.14. The van der Waals surface area contributed by atoms with Crippen LogP contribution in [-0.4, -0.2) is 26.9 Å². The second-order valence-electron chi connectivity index (χ2n) is 3.58. The van der Waals surface area contributed by atoms with Gasteiger partial charge in [0.1, 0.15) is 5.75 Å². The standard InChI is InChI=1S/C11H10Cl2N4O2/c1-3-4-16-11(18)17(15-14-16)9-6-10(19-2)8(13)5-7(9)12/h3,5-6H,1,4H2,2H3. The average molecular weight is 301 g/mol. The quantitative estimate of drug-likeness (QED) is 0.810. The summed E-state index contributed by atoms with van der Waals surface area (Å²) in [5.41, 5.74) is -0.0746. The van der Waals surface area contributed by atoms with Crippen LogP contribution in [0.2, 0.25) is 10.0 Å². The van der Waals surface area contributed by atoms with E-state index in [9.17, 15) is 4.79 Å². The van der Waals surface area contributed by atoms with Gasteiger partial charge in [0.15, 0.2) is 0 Å². The first-order valence-corrected chi connectivity index (χ1v) is 6.01. The lowest BCUT2D eigenvalue weighted by atomic mass is 10.3. The predicted molar refractivity (Wildman–Crippen MR) is 72.4 cm³/mol. The molecule has 8 heteroatoms. The highest BCUT2D eigenvalue weighted by atomic mass is 35.5. The van der Waals surface area contributed by atoms with Crippen molar-refractivity contribution in [1.82, 2.24) is 19.8 Å². The molecular weight excluding hydrogens is 291 g/mol. The molecule has 2 rings (SSSR count). The molecule has 0 bridgehead atoms. The van der Waals surface area contributed by atoms with Crippen LogP contribution in [0.25, 0.3) is 5.69 Å². The number of benzene rings is 1. The van der Waals surface area contributed by atoms with Crippen LogP contribution in [0.3, 0.4) is 0 Å². The van der Waals surface area contributed by atoms with E-state index < -0.39 is 5.69 Å². The molecule has 1 aromatic carbocycles. The number of halogens is 2. The fourth-order valence-corrected chi connectivity index (χ4v) is 2.04. The van der Waals surface area contributed by atoms with Gasteiger partial charge in [-0.25, -0.2) is 4.79 Å². The Morgan fingerprint density at radius 2 is 2.11 bits per heavy atom. The first kappa shape index (κ1) is 13.6. The molecule has 19 heavy (non-hydrogen) atoms. The van der Waals surface area contributed by atoms with E-state index in [1.165, 1.54) is 19.2 Å². The van der Waals surface area contributed by atoms with E-state index in [-0.39, 0.29) is 11.6 Å². The van der Waals surface area contributed by atoms with Crippen LogP contribution >= 0.6 is 23.2 Å². The Labute approximate surface area is 118 Å². The number of nitrogens with zero attached hydrogens (tertiary/aromatic N) is 4. The van der Waals surface area contributed by atoms with Crippen molar-refractivity contribution in [3.05, 3.63) is 45.3 Å². The zero-order valence-corrected chi connectivity index (χ0v) is 11.5. The van der Waals surface area contributed by atoms with Gasteiger partial charge in [0.2, 0.25) is 0 Å². The Morgan fingerprint density at radius 3 is 2.74 bits per heavy atom. The van der Waals surface area contributed by atoms with Crippen molar-refractivity contribution in [3.63, 3.8) is 0 Å². The highest BCUT2D eigenvalue weighted by molar-refractivity contribution is 6.36. The number of allylic oxidation sites excluding steroid dienone is 1. The van der Waals surface area contributed by atoms with Crippen LogP contribution in [0.5, 0.6) is 5.75 Å². The summed E-state index contributed by atoms with van der Waals surface area (Å²) in [5.74, 6) is 0.395. The van der Waals surface area contributed by atoms with Gasteiger partial charge >= 0.3 is 5.69 Å². The fraction of sp³-hybridized carbons (Fsp3) is 0.182. The molecule has 100 valence electrons. The minimum atomic E-state index is -0.425. The molecule has 0 aliphatic heterocycles. The van der Waals surface area contributed by atoms with Crippen molar-refractivity contribution in [2.75, 3.05) is 7.11 Å². The van der Waals surface area contributed by atoms with Crippen LogP contribution < -0.4 is 10.4 Å². The molecule has 0 aliphatic rings. The minimum absolute atomic E-state index is 0.265. The second-order valence-corrected chi connectivity index (χ2v) is 4.40. The number of methoxy groups -OCH3 is 1. The van der Waals surface area contributed by atoms with Crippen LogP contribution in [0.4, 0.5) is 0 Å². The van der Waals surface area contributed by atoms with E-state index in [4.69, 9.17) is 27.9 Å². The molecule has 0 aliphatic carbocycles. The second kappa shape index (κ2) is 5.46. The first-order valence-electron chi connectivity index (χ1n) is 5.25. The molecule has 0 amide bonds. The minimum Gasteiger partial charge on any atom is -0.495 e. The van der Waals surface area contributed by atoms with Crippen molar-refractivity contribution in [3.8, 4) is 11.4 Å². The number of tetrazole rings is 1. The normalized spacial score (nSPS) is 10.5. The monoisotopic (exact) mass is 300 g/mol. The van der Waals surface area contributed by atoms with Gasteiger partial charge in [-0.05, 0) is 16.5 Å². The summed E-state index contributed by atoms with van der Waals surface area (Å²) in [6, 6.07) is 3.01. The fourth-order valence-electron chi connectivity index (χ4n) is 1.50. The predicted octanol–water partition coefficient (Wildman–Crippen LogP) is 1.93. The zero-order chi connectivity index (χ0) is 14.0. The molecule has 1 heterocycles. The summed E-state index contributed by atoms with van der Waals surface area (Å²) in [6.07, 6.45) is 1.55. The molecule has 0 saturated heterocycles. The van der Waals surface area contributed by atoms with E-state index in [0.717, 1.165) is 9.36 Å². The van der Waals surface area contributed by atoms with E-state index >= 15 is 0 Å². The van der Waals surface area contributed by atoms with Crippen molar-refractivity contribution in [1.29, 1.82) is 0 Å². The van der Waals surface area contributed by atoms with Gasteiger partial charge in [0.25, 0.3) is 0 Å². The van der Waals surface area contributed by atoms with Crippen LogP contribution in [0.15, 0.2) is 29.6 Å². The number of aromatic nitrogens is 4. The third-order valence-electron chi connectivity index (χ3n) is 2.39. The van der Waals surface area contributed by atoms with Crippen LogP contribution in [0, 0.1) is 0 Å². The van der Waals surface area contributed by atoms with Crippen LogP contribution in [-0.2, 0) is 6.54 Å². The lowest BCUT2D eigenvalue weighted by Gasteiger charge is -2.07. The summed E-state index contributed by atoms with van der Waals surface area (Å²) in [7, 11) is 1.47. The summed E-state index contributed by atoms with van der Waals surface area (Å²) < 4.78 is 7.31. The molecule has 1 aromatic heterocycles. The maximum atomic E-state index is 12.0. The first-order chi connectivity index (χ1) is 9.08. The van der Waals surface area contributed by atoms with Gasteiger partial charge in [0.05, 0.1) is 29.4 Å². The molecule has 6 nitrogen and oxygen atoms in total. The average Bonchev–Trinajstić information content (AvgIpc) is 2.72. The lowest BCUT2D eigenvalue weighted by molar-refractivity contribution is 0.414. The molecule has 2 aromatic rings.